The van der Waals surface area contributed by atoms with Crippen LogP contribution in [0.15, 0.2) is 59.5 Å². The lowest BCUT2D eigenvalue weighted by molar-refractivity contribution is 0.0867. The molecule has 1 amide bonds. The predicted molar refractivity (Wildman–Crippen MR) is 104 cm³/mol. The summed E-state index contributed by atoms with van der Waals surface area (Å²) in [5, 5.41) is 12.6. The lowest BCUT2D eigenvalue weighted by Crippen LogP contribution is -2.38. The molecule has 2 aromatic rings. The molecule has 0 unspecified atom stereocenters. The molecule has 0 spiro atoms. The maximum absolute atomic E-state index is 12.5. The number of ketones is 1. The quantitative estimate of drug-likeness (QED) is 0.602. The molecule has 4 nitrogen and oxygen atoms in total. The first kappa shape index (κ1) is 18.7. The van der Waals surface area contributed by atoms with Crippen LogP contribution in [0.25, 0.3) is 0 Å². The molecule has 0 saturated heterocycles. The third-order valence-electron chi connectivity index (χ3n) is 4.59. The summed E-state index contributed by atoms with van der Waals surface area (Å²) in [5.41, 5.74) is 1.31. The second-order valence-electron chi connectivity index (χ2n) is 6.58. The van der Waals surface area contributed by atoms with E-state index in [-0.39, 0.29) is 23.8 Å². The van der Waals surface area contributed by atoms with Gasteiger partial charge in [0.05, 0.1) is 11.9 Å². The van der Waals surface area contributed by atoms with Crippen molar-refractivity contribution in [3.63, 3.8) is 0 Å². The number of aliphatic hydroxyl groups is 1. The first-order valence-electron chi connectivity index (χ1n) is 8.92. The standard InChI is InChI=1S/C21H23NO3S/c23-18-11-9-17(10-12-18)22-21(25)16-7-4-8-19(13-16)26-14-20(24)15-5-2-1-3-6-15/h1-8,13,17-18,23H,9-12,14H2,(H,22,25). The number of hydrogen-bond donors (Lipinski definition) is 2. The maximum Gasteiger partial charge on any atom is 0.251 e. The van der Waals surface area contributed by atoms with Crippen molar-refractivity contribution in [2.24, 2.45) is 0 Å². The fourth-order valence-electron chi connectivity index (χ4n) is 3.07. The van der Waals surface area contributed by atoms with Crippen LogP contribution in [-0.4, -0.2) is 34.7 Å². The Kier molecular flexibility index (Phi) is 6.47. The number of thioether (sulfide) groups is 1. The third kappa shape index (κ3) is 5.19. The molecule has 136 valence electrons. The van der Waals surface area contributed by atoms with Gasteiger partial charge in [-0.15, -0.1) is 11.8 Å². The average Bonchev–Trinajstić information content (AvgIpc) is 2.69. The highest BCUT2D eigenvalue weighted by molar-refractivity contribution is 8.00. The zero-order chi connectivity index (χ0) is 18.4. The van der Waals surface area contributed by atoms with Gasteiger partial charge in [0.2, 0.25) is 0 Å². The van der Waals surface area contributed by atoms with Gasteiger partial charge in [-0.1, -0.05) is 36.4 Å². The van der Waals surface area contributed by atoms with Gasteiger partial charge in [-0.3, -0.25) is 9.59 Å². The van der Waals surface area contributed by atoms with Gasteiger partial charge in [-0.05, 0) is 43.9 Å². The molecular weight excluding hydrogens is 346 g/mol. The molecule has 5 heteroatoms. The van der Waals surface area contributed by atoms with E-state index < -0.39 is 0 Å². The Morgan fingerprint density at radius 3 is 2.38 bits per heavy atom. The summed E-state index contributed by atoms with van der Waals surface area (Å²) in [6.45, 7) is 0. The number of aliphatic hydroxyl groups excluding tert-OH is 1. The molecule has 1 aliphatic carbocycles. The topological polar surface area (TPSA) is 66.4 Å². The van der Waals surface area contributed by atoms with Crippen molar-refractivity contribution in [2.45, 2.75) is 42.7 Å². The highest BCUT2D eigenvalue weighted by Crippen LogP contribution is 2.22. The zero-order valence-electron chi connectivity index (χ0n) is 14.6. The highest BCUT2D eigenvalue weighted by Gasteiger charge is 2.21. The number of amides is 1. The molecule has 3 rings (SSSR count). The van der Waals surface area contributed by atoms with Crippen molar-refractivity contribution in [3.05, 3.63) is 65.7 Å². The fourth-order valence-corrected chi connectivity index (χ4v) is 3.92. The fraction of sp³-hybridized carbons (Fsp3) is 0.333. The van der Waals surface area contributed by atoms with Gasteiger partial charge in [-0.2, -0.15) is 0 Å². The minimum absolute atomic E-state index is 0.0752. The molecule has 26 heavy (non-hydrogen) atoms. The molecule has 0 radical (unpaired) electrons. The van der Waals surface area contributed by atoms with Gasteiger partial charge in [0.1, 0.15) is 0 Å². The number of nitrogens with one attached hydrogen (secondary N) is 1. The number of carbonyl (C=O) groups is 2. The van der Waals surface area contributed by atoms with E-state index in [2.05, 4.69) is 5.32 Å². The van der Waals surface area contributed by atoms with E-state index in [1.165, 1.54) is 11.8 Å². The number of benzene rings is 2. The van der Waals surface area contributed by atoms with Crippen LogP contribution < -0.4 is 5.32 Å². The smallest absolute Gasteiger partial charge is 0.251 e. The molecule has 0 atom stereocenters. The molecule has 0 heterocycles. The van der Waals surface area contributed by atoms with Gasteiger partial charge in [0, 0.05) is 22.1 Å². The van der Waals surface area contributed by atoms with E-state index in [9.17, 15) is 14.7 Å². The third-order valence-corrected chi connectivity index (χ3v) is 5.59. The highest BCUT2D eigenvalue weighted by atomic mass is 32.2. The van der Waals surface area contributed by atoms with Gasteiger partial charge in [0.15, 0.2) is 5.78 Å². The van der Waals surface area contributed by atoms with E-state index >= 15 is 0 Å². The summed E-state index contributed by atoms with van der Waals surface area (Å²) in [4.78, 5) is 25.6. The van der Waals surface area contributed by atoms with Crippen molar-refractivity contribution in [1.29, 1.82) is 0 Å². The van der Waals surface area contributed by atoms with Crippen LogP contribution in [0.5, 0.6) is 0 Å². The summed E-state index contributed by atoms with van der Waals surface area (Å²) >= 11 is 1.44. The van der Waals surface area contributed by atoms with E-state index in [0.29, 0.717) is 16.9 Å². The Balaban J connectivity index is 1.55. The lowest BCUT2D eigenvalue weighted by Gasteiger charge is -2.26. The molecule has 1 aliphatic rings. The molecule has 0 aliphatic heterocycles. The van der Waals surface area contributed by atoms with Crippen molar-refractivity contribution >= 4 is 23.5 Å². The van der Waals surface area contributed by atoms with E-state index in [4.69, 9.17) is 0 Å². The van der Waals surface area contributed by atoms with Crippen LogP contribution in [-0.2, 0) is 0 Å². The predicted octanol–water partition coefficient (Wildman–Crippen LogP) is 3.69. The SMILES string of the molecule is O=C(CSc1cccc(C(=O)NC2CCC(O)CC2)c1)c1ccccc1. The average molecular weight is 369 g/mol. The number of hydrogen-bond acceptors (Lipinski definition) is 4. The molecule has 1 saturated carbocycles. The van der Waals surface area contributed by atoms with Gasteiger partial charge in [-0.25, -0.2) is 0 Å². The summed E-state index contributed by atoms with van der Waals surface area (Å²) in [5.74, 6) is 0.324. The molecule has 0 bridgehead atoms. The van der Waals surface area contributed by atoms with Crippen LogP contribution >= 0.6 is 11.8 Å². The minimum Gasteiger partial charge on any atom is -0.393 e. The molecule has 2 aromatic carbocycles. The molecule has 2 N–H and O–H groups in total. The first-order chi connectivity index (χ1) is 12.6. The number of Topliss-reactive ketones (excluding diaryl/α,β-unsaturated/α-hetero) is 1. The number of carbonyl (C=O) groups excluding carboxylic acids is 2. The summed E-state index contributed by atoms with van der Waals surface area (Å²) in [7, 11) is 0. The van der Waals surface area contributed by atoms with Crippen molar-refractivity contribution in [3.8, 4) is 0 Å². The lowest BCUT2D eigenvalue weighted by atomic mass is 9.93. The number of rotatable bonds is 6. The van der Waals surface area contributed by atoms with Gasteiger partial charge < -0.3 is 10.4 Å². The van der Waals surface area contributed by atoms with Crippen molar-refractivity contribution < 1.29 is 14.7 Å². The largest absolute Gasteiger partial charge is 0.393 e. The summed E-state index contributed by atoms with van der Waals surface area (Å²) in [6, 6.07) is 16.7. The molecule has 0 aromatic heterocycles. The normalized spacial score (nSPS) is 19.7. The second-order valence-corrected chi connectivity index (χ2v) is 7.63. The van der Waals surface area contributed by atoms with E-state index in [1.54, 1.807) is 6.07 Å². The molecule has 1 fully saturated rings. The second kappa shape index (κ2) is 9.01. The summed E-state index contributed by atoms with van der Waals surface area (Å²) in [6.07, 6.45) is 2.87. The van der Waals surface area contributed by atoms with Crippen LogP contribution in [0, 0.1) is 0 Å². The first-order valence-corrected chi connectivity index (χ1v) is 9.90. The summed E-state index contributed by atoms with van der Waals surface area (Å²) < 4.78 is 0. The Morgan fingerprint density at radius 1 is 0.962 bits per heavy atom. The Morgan fingerprint density at radius 2 is 1.65 bits per heavy atom. The van der Waals surface area contributed by atoms with Crippen LogP contribution in [0.2, 0.25) is 0 Å². The monoisotopic (exact) mass is 369 g/mol. The van der Waals surface area contributed by atoms with E-state index in [0.717, 1.165) is 30.6 Å². The van der Waals surface area contributed by atoms with Crippen LogP contribution in [0.1, 0.15) is 46.4 Å². The Labute approximate surface area is 158 Å². The van der Waals surface area contributed by atoms with Gasteiger partial charge >= 0.3 is 0 Å². The minimum atomic E-state index is -0.231. The van der Waals surface area contributed by atoms with Crippen LogP contribution in [0.4, 0.5) is 0 Å². The van der Waals surface area contributed by atoms with Crippen molar-refractivity contribution in [1.82, 2.24) is 5.32 Å². The zero-order valence-corrected chi connectivity index (χ0v) is 15.4. The maximum atomic E-state index is 12.5. The van der Waals surface area contributed by atoms with Crippen molar-refractivity contribution in [2.75, 3.05) is 5.75 Å². The van der Waals surface area contributed by atoms with E-state index in [1.807, 2.05) is 48.5 Å². The van der Waals surface area contributed by atoms with Crippen LogP contribution in [0.3, 0.4) is 0 Å². The Bertz CT molecular complexity index is 755. The van der Waals surface area contributed by atoms with Gasteiger partial charge in [0.25, 0.3) is 5.91 Å². The molecular formula is C21H23NO3S. The Hall–Kier alpha value is -2.11.